The summed E-state index contributed by atoms with van der Waals surface area (Å²) in [5.41, 5.74) is 0. The third kappa shape index (κ3) is 3.83. The van der Waals surface area contributed by atoms with E-state index < -0.39 is 0 Å². The van der Waals surface area contributed by atoms with Crippen LogP contribution in [0.25, 0.3) is 0 Å². The number of rotatable bonds is 7. The molecule has 3 heterocycles. The Morgan fingerprint density at radius 1 is 1.32 bits per heavy atom. The number of hydrogen-bond donors (Lipinski definition) is 0. The van der Waals surface area contributed by atoms with Crippen molar-refractivity contribution in [2.75, 3.05) is 12.4 Å². The third-order valence-corrected chi connectivity index (χ3v) is 6.21. The molecule has 0 bridgehead atoms. The summed E-state index contributed by atoms with van der Waals surface area (Å²) in [5.74, 6) is 2.46. The molecule has 3 aromatic rings. The minimum atomic E-state index is -0.368. The van der Waals surface area contributed by atoms with Gasteiger partial charge in [-0.15, -0.1) is 28.1 Å². The van der Waals surface area contributed by atoms with E-state index in [0.29, 0.717) is 35.6 Å². The molecule has 0 spiro atoms. The van der Waals surface area contributed by atoms with Crippen LogP contribution < -0.4 is 9.47 Å². The van der Waals surface area contributed by atoms with Crippen LogP contribution in [0.5, 0.6) is 11.5 Å². The molecular formula is C20H19N3O3S2. The largest absolute Gasteiger partial charge is 0.485 e. The maximum atomic E-state index is 12.4. The number of carbonyl (C=O) groups is 1. The number of para-hydroxylation sites is 2. The Morgan fingerprint density at radius 3 is 2.89 bits per heavy atom. The third-order valence-electron chi connectivity index (χ3n) is 4.20. The average Bonchev–Trinajstić information content (AvgIpc) is 3.32. The smallest absolute Gasteiger partial charge is 0.192 e. The van der Waals surface area contributed by atoms with Crippen LogP contribution >= 0.6 is 23.1 Å². The zero-order chi connectivity index (χ0) is 19.5. The number of aromatic nitrogens is 3. The monoisotopic (exact) mass is 413 g/mol. The number of ether oxygens (including phenoxy) is 2. The molecule has 0 aliphatic carbocycles. The quantitative estimate of drug-likeness (QED) is 0.326. The first-order valence-corrected chi connectivity index (χ1v) is 10.6. The highest BCUT2D eigenvalue weighted by molar-refractivity contribution is 7.99. The van der Waals surface area contributed by atoms with Gasteiger partial charge in [0.1, 0.15) is 6.61 Å². The molecule has 1 aliphatic heterocycles. The normalized spacial score (nSPS) is 15.4. The van der Waals surface area contributed by atoms with Gasteiger partial charge in [-0.25, -0.2) is 0 Å². The number of allylic oxidation sites excluding steroid dienone is 1. The molecule has 0 saturated carbocycles. The summed E-state index contributed by atoms with van der Waals surface area (Å²) in [5, 5.41) is 9.26. The van der Waals surface area contributed by atoms with Crippen LogP contribution in [-0.4, -0.2) is 32.9 Å². The highest BCUT2D eigenvalue weighted by Gasteiger charge is 2.28. The zero-order valence-corrected chi connectivity index (χ0v) is 17.0. The predicted octanol–water partition coefficient (Wildman–Crippen LogP) is 4.32. The second-order valence-corrected chi connectivity index (χ2v) is 8.46. The molecule has 2 aromatic heterocycles. The Kier molecular flexibility index (Phi) is 5.50. The van der Waals surface area contributed by atoms with Crippen LogP contribution in [0.15, 0.2) is 54.2 Å². The lowest BCUT2D eigenvalue weighted by Gasteiger charge is -2.26. The topological polar surface area (TPSA) is 66.2 Å². The number of ketones is 1. The van der Waals surface area contributed by atoms with Gasteiger partial charge in [-0.1, -0.05) is 30.0 Å². The van der Waals surface area contributed by atoms with Crippen molar-refractivity contribution in [2.24, 2.45) is 0 Å². The Balaban J connectivity index is 1.51. The maximum absolute atomic E-state index is 12.4. The summed E-state index contributed by atoms with van der Waals surface area (Å²) >= 11 is 2.88. The van der Waals surface area contributed by atoms with Gasteiger partial charge in [0.2, 0.25) is 0 Å². The van der Waals surface area contributed by atoms with Gasteiger partial charge in [-0.3, -0.25) is 9.36 Å². The van der Waals surface area contributed by atoms with E-state index in [1.165, 1.54) is 23.1 Å². The van der Waals surface area contributed by atoms with Crippen molar-refractivity contribution < 1.29 is 14.3 Å². The van der Waals surface area contributed by atoms with Gasteiger partial charge in [0, 0.05) is 11.4 Å². The lowest BCUT2D eigenvalue weighted by atomic mass is 10.2. The first kappa shape index (κ1) is 18.8. The minimum Gasteiger partial charge on any atom is -0.485 e. The fourth-order valence-electron chi connectivity index (χ4n) is 2.88. The van der Waals surface area contributed by atoms with Crippen molar-refractivity contribution in [2.45, 2.75) is 24.7 Å². The number of Topliss-reactive ketones (excluding diaryl/α,β-unsaturated/α-hetero) is 1. The van der Waals surface area contributed by atoms with E-state index in [0.717, 1.165) is 15.5 Å². The number of fused-ring (bicyclic) bond motifs is 1. The molecule has 1 atom stereocenters. The average molecular weight is 414 g/mol. The molecule has 0 radical (unpaired) electrons. The molecule has 1 aromatic carbocycles. The van der Waals surface area contributed by atoms with E-state index in [9.17, 15) is 4.79 Å². The SMILES string of the molecule is C=CCn1c(SCC(=O)c2ccc(C)s2)nnc1[C@@H]1COc2ccccc2O1. The second kappa shape index (κ2) is 8.20. The van der Waals surface area contributed by atoms with Gasteiger partial charge in [0.05, 0.1) is 10.6 Å². The highest BCUT2D eigenvalue weighted by atomic mass is 32.2. The number of benzene rings is 1. The van der Waals surface area contributed by atoms with Crippen LogP contribution in [-0.2, 0) is 6.54 Å². The van der Waals surface area contributed by atoms with Gasteiger partial charge in [-0.2, -0.15) is 0 Å². The van der Waals surface area contributed by atoms with E-state index in [2.05, 4.69) is 16.8 Å². The molecule has 0 N–H and O–H groups in total. The lowest BCUT2D eigenvalue weighted by Crippen LogP contribution is -2.25. The highest BCUT2D eigenvalue weighted by Crippen LogP contribution is 2.36. The Bertz CT molecular complexity index is 1010. The molecule has 8 heteroatoms. The van der Waals surface area contributed by atoms with Gasteiger partial charge in [0.25, 0.3) is 0 Å². The minimum absolute atomic E-state index is 0.0870. The van der Waals surface area contributed by atoms with Crippen molar-refractivity contribution in [1.82, 2.24) is 14.8 Å². The molecule has 0 unspecified atom stereocenters. The molecule has 4 rings (SSSR count). The second-order valence-electron chi connectivity index (χ2n) is 6.23. The summed E-state index contributed by atoms with van der Waals surface area (Å²) in [7, 11) is 0. The van der Waals surface area contributed by atoms with E-state index in [-0.39, 0.29) is 11.9 Å². The molecule has 0 fully saturated rings. The zero-order valence-electron chi connectivity index (χ0n) is 15.3. The van der Waals surface area contributed by atoms with Crippen LogP contribution in [0.1, 0.15) is 26.5 Å². The van der Waals surface area contributed by atoms with Crippen molar-refractivity contribution in [3.8, 4) is 11.5 Å². The molecule has 144 valence electrons. The summed E-state index contributed by atoms with van der Waals surface area (Å²) in [6.45, 7) is 6.69. The van der Waals surface area contributed by atoms with Crippen LogP contribution in [0, 0.1) is 6.92 Å². The lowest BCUT2D eigenvalue weighted by molar-refractivity contribution is 0.0821. The number of nitrogens with zero attached hydrogens (tertiary/aromatic N) is 3. The van der Waals surface area contributed by atoms with Gasteiger partial charge < -0.3 is 9.47 Å². The molecule has 1 aliphatic rings. The summed E-state index contributed by atoms with van der Waals surface area (Å²) in [6, 6.07) is 11.4. The Labute approximate surface area is 171 Å². The first-order valence-electron chi connectivity index (χ1n) is 8.80. The summed E-state index contributed by atoms with van der Waals surface area (Å²) in [4.78, 5) is 14.3. The van der Waals surface area contributed by atoms with Gasteiger partial charge in [0.15, 0.2) is 34.4 Å². The van der Waals surface area contributed by atoms with Crippen molar-refractivity contribution in [3.05, 3.63) is 64.6 Å². The Hall–Kier alpha value is -2.58. The maximum Gasteiger partial charge on any atom is 0.192 e. The van der Waals surface area contributed by atoms with Crippen molar-refractivity contribution in [1.29, 1.82) is 0 Å². The van der Waals surface area contributed by atoms with Crippen molar-refractivity contribution in [3.63, 3.8) is 0 Å². The van der Waals surface area contributed by atoms with Gasteiger partial charge >= 0.3 is 0 Å². The fourth-order valence-corrected chi connectivity index (χ4v) is 4.61. The van der Waals surface area contributed by atoms with Crippen LogP contribution in [0.4, 0.5) is 0 Å². The van der Waals surface area contributed by atoms with Crippen LogP contribution in [0.2, 0.25) is 0 Å². The summed E-state index contributed by atoms with van der Waals surface area (Å²) in [6.07, 6.45) is 1.41. The number of thioether (sulfide) groups is 1. The molecule has 0 amide bonds. The van der Waals surface area contributed by atoms with E-state index in [1.807, 2.05) is 47.9 Å². The van der Waals surface area contributed by atoms with E-state index >= 15 is 0 Å². The predicted molar refractivity (Wildman–Crippen MR) is 110 cm³/mol. The van der Waals surface area contributed by atoms with Crippen LogP contribution in [0.3, 0.4) is 0 Å². The van der Waals surface area contributed by atoms with Gasteiger partial charge in [-0.05, 0) is 31.2 Å². The van der Waals surface area contributed by atoms with Crippen molar-refractivity contribution >= 4 is 28.9 Å². The van der Waals surface area contributed by atoms with E-state index in [4.69, 9.17) is 9.47 Å². The number of hydrogen-bond acceptors (Lipinski definition) is 7. The molecule has 0 saturated heterocycles. The number of carbonyl (C=O) groups excluding carboxylic acids is 1. The summed E-state index contributed by atoms with van der Waals surface area (Å²) < 4.78 is 13.8. The first-order chi connectivity index (χ1) is 13.7. The standard InChI is InChI=1S/C20H19N3O3S2/c1-3-10-23-19(17-11-25-15-6-4-5-7-16(15)26-17)21-22-20(23)27-12-14(24)18-9-8-13(2)28-18/h3-9,17H,1,10-12H2,2H3/t17-/m0/s1. The van der Waals surface area contributed by atoms with E-state index in [1.54, 1.807) is 6.08 Å². The molecular weight excluding hydrogens is 394 g/mol. The fraction of sp³-hybridized carbons (Fsp3) is 0.250. The number of aryl methyl sites for hydroxylation is 1. The number of thiophene rings is 1. The molecule has 6 nitrogen and oxygen atoms in total. The molecule has 28 heavy (non-hydrogen) atoms. The Morgan fingerprint density at radius 2 is 2.14 bits per heavy atom.